The Balaban J connectivity index is 2.09. The van der Waals surface area contributed by atoms with Crippen LogP contribution >= 0.6 is 0 Å². The van der Waals surface area contributed by atoms with Crippen molar-refractivity contribution < 1.29 is 14.4 Å². The van der Waals surface area contributed by atoms with E-state index in [1.807, 2.05) is 31.2 Å². The molecule has 0 heterocycles. The Bertz CT molecular complexity index is 619. The van der Waals surface area contributed by atoms with E-state index in [4.69, 9.17) is 0 Å². The van der Waals surface area contributed by atoms with Crippen LogP contribution in [0.4, 0.5) is 5.69 Å². The highest BCUT2D eigenvalue weighted by atomic mass is 16.2. The quantitative estimate of drug-likeness (QED) is 0.770. The fraction of sp³-hybridized carbons (Fsp3) is 0.500. The summed E-state index contributed by atoms with van der Waals surface area (Å²) in [5, 5.41) is 8.31. The van der Waals surface area contributed by atoms with E-state index >= 15 is 0 Å². The predicted molar refractivity (Wildman–Crippen MR) is 92.4 cm³/mol. The second-order valence-electron chi connectivity index (χ2n) is 6.52. The van der Waals surface area contributed by atoms with Gasteiger partial charge in [-0.1, -0.05) is 30.5 Å². The van der Waals surface area contributed by atoms with E-state index in [1.54, 1.807) is 6.92 Å². The molecule has 2 rings (SSSR count). The second kappa shape index (κ2) is 7.47. The average Bonchev–Trinajstić information content (AvgIpc) is 2.98. The Labute approximate surface area is 142 Å². The molecule has 130 valence electrons. The zero-order chi connectivity index (χ0) is 17.7. The zero-order valence-electron chi connectivity index (χ0n) is 14.4. The maximum Gasteiger partial charge on any atom is 0.250 e. The fourth-order valence-electron chi connectivity index (χ4n) is 2.99. The van der Waals surface area contributed by atoms with Gasteiger partial charge in [0.2, 0.25) is 17.7 Å². The first-order valence-corrected chi connectivity index (χ1v) is 8.30. The molecule has 6 heteroatoms. The first kappa shape index (κ1) is 18.0. The number of hydrogen-bond acceptors (Lipinski definition) is 3. The molecular formula is C18H25N3O3. The number of aryl methyl sites for hydroxylation is 1. The van der Waals surface area contributed by atoms with Crippen molar-refractivity contribution in [2.24, 2.45) is 0 Å². The highest BCUT2D eigenvalue weighted by Crippen LogP contribution is 2.31. The van der Waals surface area contributed by atoms with Crippen molar-refractivity contribution in [3.8, 4) is 0 Å². The molecule has 0 spiro atoms. The van der Waals surface area contributed by atoms with Crippen LogP contribution < -0.4 is 16.0 Å². The van der Waals surface area contributed by atoms with Gasteiger partial charge in [0.15, 0.2) is 0 Å². The molecule has 1 aromatic carbocycles. The second-order valence-corrected chi connectivity index (χ2v) is 6.52. The Morgan fingerprint density at radius 2 is 1.67 bits per heavy atom. The van der Waals surface area contributed by atoms with Gasteiger partial charge in [-0.2, -0.15) is 0 Å². The smallest absolute Gasteiger partial charge is 0.250 e. The molecule has 3 amide bonds. The molecule has 24 heavy (non-hydrogen) atoms. The van der Waals surface area contributed by atoms with E-state index in [9.17, 15) is 14.4 Å². The molecule has 0 radical (unpaired) electrons. The topological polar surface area (TPSA) is 87.3 Å². The number of carbonyl (C=O) groups excluding carboxylic acids is 3. The third-order valence-electron chi connectivity index (χ3n) is 4.38. The summed E-state index contributed by atoms with van der Waals surface area (Å²) in [6, 6.07) is 6.87. The minimum Gasteiger partial charge on any atom is -0.345 e. The van der Waals surface area contributed by atoms with Gasteiger partial charge in [0, 0.05) is 12.6 Å². The van der Waals surface area contributed by atoms with Crippen molar-refractivity contribution in [2.75, 3.05) is 5.32 Å². The Morgan fingerprint density at radius 1 is 1.08 bits per heavy atom. The van der Waals surface area contributed by atoms with Crippen molar-refractivity contribution >= 4 is 23.4 Å². The molecule has 0 aromatic heterocycles. The third kappa shape index (κ3) is 4.34. The monoisotopic (exact) mass is 331 g/mol. The fourth-order valence-corrected chi connectivity index (χ4v) is 2.99. The molecule has 0 bridgehead atoms. The molecule has 6 nitrogen and oxygen atoms in total. The minimum absolute atomic E-state index is 0.202. The van der Waals surface area contributed by atoms with Gasteiger partial charge in [0.1, 0.15) is 11.6 Å². The number of hydrogen-bond donors (Lipinski definition) is 3. The van der Waals surface area contributed by atoms with E-state index < -0.39 is 11.6 Å². The molecule has 0 unspecified atom stereocenters. The van der Waals surface area contributed by atoms with Crippen LogP contribution in [0.1, 0.15) is 45.1 Å². The summed E-state index contributed by atoms with van der Waals surface area (Å²) in [6.07, 6.45) is 2.97. The van der Waals surface area contributed by atoms with Crippen molar-refractivity contribution in [3.05, 3.63) is 29.8 Å². The molecule has 1 fully saturated rings. The van der Waals surface area contributed by atoms with E-state index in [1.165, 1.54) is 6.92 Å². The van der Waals surface area contributed by atoms with Gasteiger partial charge in [-0.05, 0) is 38.8 Å². The molecule has 0 aliphatic heterocycles. The van der Waals surface area contributed by atoms with E-state index in [0.717, 1.165) is 18.4 Å². The molecule has 1 aromatic rings. The summed E-state index contributed by atoms with van der Waals surface area (Å²) in [5.41, 5.74) is 0.913. The van der Waals surface area contributed by atoms with Crippen LogP contribution in [0.5, 0.6) is 0 Å². The van der Waals surface area contributed by atoms with E-state index in [2.05, 4.69) is 16.0 Å². The summed E-state index contributed by atoms with van der Waals surface area (Å²) in [4.78, 5) is 36.2. The van der Waals surface area contributed by atoms with Crippen LogP contribution in [0, 0.1) is 6.92 Å². The van der Waals surface area contributed by atoms with Crippen LogP contribution in [-0.2, 0) is 14.4 Å². The van der Waals surface area contributed by atoms with Gasteiger partial charge in [-0.15, -0.1) is 0 Å². The maximum absolute atomic E-state index is 12.8. The molecule has 1 aliphatic rings. The summed E-state index contributed by atoms with van der Waals surface area (Å²) < 4.78 is 0. The Morgan fingerprint density at radius 3 is 2.21 bits per heavy atom. The molecule has 3 N–H and O–H groups in total. The Kier molecular flexibility index (Phi) is 5.59. The van der Waals surface area contributed by atoms with Gasteiger partial charge in [0.25, 0.3) is 0 Å². The largest absolute Gasteiger partial charge is 0.345 e. The lowest BCUT2D eigenvalue weighted by Crippen LogP contribution is -2.58. The highest BCUT2D eigenvalue weighted by molar-refractivity contribution is 6.01. The van der Waals surface area contributed by atoms with E-state index in [0.29, 0.717) is 18.5 Å². The third-order valence-corrected chi connectivity index (χ3v) is 4.38. The number of anilines is 1. The number of amides is 3. The average molecular weight is 331 g/mol. The molecule has 1 atom stereocenters. The van der Waals surface area contributed by atoms with Crippen LogP contribution in [0.2, 0.25) is 0 Å². The molecule has 1 saturated carbocycles. The van der Waals surface area contributed by atoms with E-state index in [-0.39, 0.29) is 17.7 Å². The van der Waals surface area contributed by atoms with Crippen LogP contribution in [0.15, 0.2) is 24.3 Å². The zero-order valence-corrected chi connectivity index (χ0v) is 14.4. The lowest BCUT2D eigenvalue weighted by molar-refractivity contribution is -0.132. The van der Waals surface area contributed by atoms with Crippen molar-refractivity contribution in [2.45, 2.75) is 58.0 Å². The summed E-state index contributed by atoms with van der Waals surface area (Å²) >= 11 is 0. The van der Waals surface area contributed by atoms with Crippen LogP contribution in [-0.4, -0.2) is 29.3 Å². The predicted octanol–water partition coefficient (Wildman–Crippen LogP) is 1.89. The molecule has 0 saturated heterocycles. The number of nitrogens with one attached hydrogen (secondary N) is 3. The minimum atomic E-state index is -0.908. The first-order chi connectivity index (χ1) is 11.3. The van der Waals surface area contributed by atoms with Gasteiger partial charge < -0.3 is 16.0 Å². The standard InChI is InChI=1S/C18H25N3O3/c1-12-6-8-15(9-7-12)20-17(24)18(10-4-5-11-18)21-16(23)13(2)19-14(3)22/h6-9,13H,4-5,10-11H2,1-3H3,(H,19,22)(H,20,24)(H,21,23)/t13-/m1/s1. The first-order valence-electron chi connectivity index (χ1n) is 8.30. The van der Waals surface area contributed by atoms with Crippen molar-refractivity contribution in [1.29, 1.82) is 0 Å². The molecule has 1 aliphatic carbocycles. The Hall–Kier alpha value is -2.37. The van der Waals surface area contributed by atoms with Gasteiger partial charge >= 0.3 is 0 Å². The highest BCUT2D eigenvalue weighted by Gasteiger charge is 2.43. The van der Waals surface area contributed by atoms with Crippen LogP contribution in [0.3, 0.4) is 0 Å². The lowest BCUT2D eigenvalue weighted by Gasteiger charge is -2.30. The van der Waals surface area contributed by atoms with Crippen molar-refractivity contribution in [3.63, 3.8) is 0 Å². The summed E-state index contributed by atoms with van der Waals surface area (Å²) in [7, 11) is 0. The normalized spacial score (nSPS) is 17.0. The van der Waals surface area contributed by atoms with Crippen LogP contribution in [0.25, 0.3) is 0 Å². The van der Waals surface area contributed by atoms with Crippen molar-refractivity contribution in [1.82, 2.24) is 10.6 Å². The number of benzene rings is 1. The summed E-state index contributed by atoms with van der Waals surface area (Å²) in [5.74, 6) is -0.819. The maximum atomic E-state index is 12.8. The summed E-state index contributed by atoms with van der Waals surface area (Å²) in [6.45, 7) is 4.95. The molecular weight excluding hydrogens is 306 g/mol. The SMILES string of the molecule is CC(=O)N[C@H](C)C(=O)NC1(C(=O)Nc2ccc(C)cc2)CCCC1. The number of carbonyl (C=O) groups is 3. The van der Waals surface area contributed by atoms with Gasteiger partial charge in [-0.3, -0.25) is 14.4 Å². The van der Waals surface area contributed by atoms with Gasteiger partial charge in [-0.25, -0.2) is 0 Å². The van der Waals surface area contributed by atoms with Gasteiger partial charge in [0.05, 0.1) is 0 Å². The number of rotatable bonds is 5. The lowest BCUT2D eigenvalue weighted by atomic mass is 9.95.